The number of para-hydroxylation sites is 2. The highest BCUT2D eigenvalue weighted by Crippen LogP contribution is 2.25. The van der Waals surface area contributed by atoms with E-state index in [4.69, 9.17) is 21.1 Å². The summed E-state index contributed by atoms with van der Waals surface area (Å²) in [6.07, 6.45) is 1.03. The summed E-state index contributed by atoms with van der Waals surface area (Å²) in [6.45, 7) is 6.56. The first kappa shape index (κ1) is 16.1. The quantitative estimate of drug-likeness (QED) is 0.558. The average Bonchev–Trinajstić information content (AvgIpc) is 2.38. The van der Waals surface area contributed by atoms with Crippen LogP contribution in [0.25, 0.3) is 0 Å². The van der Waals surface area contributed by atoms with Crippen LogP contribution < -0.4 is 14.8 Å². The fourth-order valence-corrected chi connectivity index (χ4v) is 2.29. The third-order valence-electron chi connectivity index (χ3n) is 2.70. The summed E-state index contributed by atoms with van der Waals surface area (Å²) in [4.78, 5) is 0. The minimum Gasteiger partial charge on any atom is -0.493 e. The monoisotopic (exact) mass is 285 g/mol. The van der Waals surface area contributed by atoms with Crippen LogP contribution in [-0.4, -0.2) is 32.2 Å². The molecule has 1 aromatic rings. The van der Waals surface area contributed by atoms with E-state index in [2.05, 4.69) is 19.2 Å². The number of hydrogen-bond acceptors (Lipinski definition) is 3. The smallest absolute Gasteiger partial charge is 0.161 e. The van der Waals surface area contributed by atoms with Gasteiger partial charge in [0.2, 0.25) is 0 Å². The van der Waals surface area contributed by atoms with Gasteiger partial charge in [0.25, 0.3) is 0 Å². The van der Waals surface area contributed by atoms with Gasteiger partial charge in [-0.25, -0.2) is 0 Å². The fourth-order valence-electron chi connectivity index (χ4n) is 1.82. The minimum absolute atomic E-state index is 0.186. The molecule has 0 heterocycles. The van der Waals surface area contributed by atoms with Crippen molar-refractivity contribution in [3.8, 4) is 11.5 Å². The maximum atomic E-state index is 6.20. The Bertz CT molecular complexity index is 358. The van der Waals surface area contributed by atoms with Gasteiger partial charge in [0, 0.05) is 18.5 Å². The molecular weight excluding hydrogens is 262 g/mol. The Labute approximate surface area is 121 Å². The maximum absolute atomic E-state index is 6.20. The zero-order valence-corrected chi connectivity index (χ0v) is 12.7. The van der Waals surface area contributed by atoms with Crippen molar-refractivity contribution in [1.29, 1.82) is 0 Å². The van der Waals surface area contributed by atoms with E-state index in [0.717, 1.165) is 31.0 Å². The van der Waals surface area contributed by atoms with Crippen LogP contribution >= 0.6 is 11.6 Å². The van der Waals surface area contributed by atoms with E-state index in [1.54, 1.807) is 7.11 Å². The molecule has 4 heteroatoms. The van der Waals surface area contributed by atoms with Gasteiger partial charge >= 0.3 is 0 Å². The highest BCUT2D eigenvalue weighted by Gasteiger charge is 2.06. The van der Waals surface area contributed by atoms with Crippen LogP contribution in [0.3, 0.4) is 0 Å². The van der Waals surface area contributed by atoms with E-state index in [-0.39, 0.29) is 5.38 Å². The molecule has 0 saturated carbocycles. The number of benzene rings is 1. The third kappa shape index (κ3) is 6.69. The molecule has 108 valence electrons. The van der Waals surface area contributed by atoms with E-state index in [1.165, 1.54) is 0 Å². The van der Waals surface area contributed by atoms with Crippen LogP contribution in [0, 0.1) is 5.92 Å². The summed E-state index contributed by atoms with van der Waals surface area (Å²) in [5.41, 5.74) is 0. The maximum Gasteiger partial charge on any atom is 0.161 e. The predicted octanol–water partition coefficient (Wildman–Crippen LogP) is 3.32. The fraction of sp³-hybridized carbons (Fsp3) is 0.600. The molecule has 1 atom stereocenters. The Balaban J connectivity index is 2.17. The molecule has 0 aliphatic heterocycles. The van der Waals surface area contributed by atoms with Crippen LogP contribution in [-0.2, 0) is 0 Å². The van der Waals surface area contributed by atoms with Gasteiger partial charge in [0.15, 0.2) is 11.5 Å². The van der Waals surface area contributed by atoms with Gasteiger partial charge in [-0.2, -0.15) is 0 Å². The van der Waals surface area contributed by atoms with Crippen molar-refractivity contribution in [2.24, 2.45) is 5.92 Å². The van der Waals surface area contributed by atoms with Crippen LogP contribution in [0.2, 0.25) is 0 Å². The van der Waals surface area contributed by atoms with Crippen molar-refractivity contribution in [3.05, 3.63) is 24.3 Å². The molecule has 3 nitrogen and oxygen atoms in total. The lowest BCUT2D eigenvalue weighted by molar-refractivity contribution is 0.292. The van der Waals surface area contributed by atoms with Gasteiger partial charge in [0.1, 0.15) is 6.61 Å². The molecule has 0 saturated heterocycles. The number of halogens is 1. The number of ether oxygens (including phenoxy) is 2. The van der Waals surface area contributed by atoms with E-state index < -0.39 is 0 Å². The molecule has 19 heavy (non-hydrogen) atoms. The standard InChI is InChI=1S/C15H24ClNO2/c1-12(2)10-13(16)11-17-8-9-19-15-7-5-4-6-14(15)18-3/h4-7,12-13,17H,8-11H2,1-3H3. The molecule has 1 unspecified atom stereocenters. The van der Waals surface area contributed by atoms with Gasteiger partial charge < -0.3 is 14.8 Å². The zero-order valence-electron chi connectivity index (χ0n) is 12.0. The van der Waals surface area contributed by atoms with Crippen LogP contribution in [0.4, 0.5) is 0 Å². The van der Waals surface area contributed by atoms with Crippen molar-refractivity contribution in [1.82, 2.24) is 5.32 Å². The molecule has 0 aliphatic rings. The van der Waals surface area contributed by atoms with Crippen LogP contribution in [0.5, 0.6) is 11.5 Å². The second-order valence-electron chi connectivity index (χ2n) is 4.93. The summed E-state index contributed by atoms with van der Waals surface area (Å²) in [6, 6.07) is 7.65. The number of methoxy groups -OCH3 is 1. The topological polar surface area (TPSA) is 30.5 Å². The summed E-state index contributed by atoms with van der Waals surface area (Å²) in [7, 11) is 1.64. The second kappa shape index (κ2) is 9.05. The Morgan fingerprint density at radius 3 is 2.53 bits per heavy atom. The molecule has 0 radical (unpaired) electrons. The summed E-state index contributed by atoms with van der Waals surface area (Å²) >= 11 is 6.20. The van der Waals surface area contributed by atoms with E-state index in [9.17, 15) is 0 Å². The van der Waals surface area contributed by atoms with Crippen molar-refractivity contribution in [2.45, 2.75) is 25.6 Å². The lowest BCUT2D eigenvalue weighted by Crippen LogP contribution is -2.28. The van der Waals surface area contributed by atoms with Crippen molar-refractivity contribution < 1.29 is 9.47 Å². The third-order valence-corrected chi connectivity index (χ3v) is 3.03. The number of nitrogens with one attached hydrogen (secondary N) is 1. The molecule has 1 aromatic carbocycles. The Hall–Kier alpha value is -0.930. The molecule has 0 spiro atoms. The normalized spacial score (nSPS) is 12.5. The molecule has 1 N–H and O–H groups in total. The molecule has 0 amide bonds. The van der Waals surface area contributed by atoms with Gasteiger partial charge in [-0.3, -0.25) is 0 Å². The first-order chi connectivity index (χ1) is 9.13. The Morgan fingerprint density at radius 1 is 1.21 bits per heavy atom. The minimum atomic E-state index is 0.186. The van der Waals surface area contributed by atoms with E-state index in [0.29, 0.717) is 12.5 Å². The predicted molar refractivity (Wildman–Crippen MR) is 80.5 cm³/mol. The summed E-state index contributed by atoms with van der Waals surface area (Å²) in [5, 5.41) is 3.49. The molecule has 0 aliphatic carbocycles. The largest absolute Gasteiger partial charge is 0.493 e. The lowest BCUT2D eigenvalue weighted by Gasteiger charge is -2.14. The van der Waals surface area contributed by atoms with Gasteiger partial charge in [-0.1, -0.05) is 26.0 Å². The van der Waals surface area contributed by atoms with Gasteiger partial charge in [0.05, 0.1) is 7.11 Å². The molecule has 0 aromatic heterocycles. The second-order valence-corrected chi connectivity index (χ2v) is 5.55. The average molecular weight is 286 g/mol. The highest BCUT2D eigenvalue weighted by molar-refractivity contribution is 6.20. The Morgan fingerprint density at radius 2 is 1.89 bits per heavy atom. The van der Waals surface area contributed by atoms with Crippen molar-refractivity contribution in [2.75, 3.05) is 26.8 Å². The Kier molecular flexibility index (Phi) is 7.68. The number of rotatable bonds is 9. The zero-order chi connectivity index (χ0) is 14.1. The van der Waals surface area contributed by atoms with E-state index >= 15 is 0 Å². The molecule has 0 fully saturated rings. The first-order valence-electron chi connectivity index (χ1n) is 6.74. The highest BCUT2D eigenvalue weighted by atomic mass is 35.5. The molecule has 1 rings (SSSR count). The lowest BCUT2D eigenvalue weighted by atomic mass is 10.1. The molecular formula is C15H24ClNO2. The van der Waals surface area contributed by atoms with Gasteiger partial charge in [-0.05, 0) is 24.5 Å². The number of alkyl halides is 1. The number of hydrogen-bond donors (Lipinski definition) is 1. The van der Waals surface area contributed by atoms with Gasteiger partial charge in [-0.15, -0.1) is 11.6 Å². The first-order valence-corrected chi connectivity index (χ1v) is 7.17. The summed E-state index contributed by atoms with van der Waals surface area (Å²) in [5.74, 6) is 2.17. The SMILES string of the molecule is COc1ccccc1OCCNCC(Cl)CC(C)C. The van der Waals surface area contributed by atoms with Crippen LogP contribution in [0.1, 0.15) is 20.3 Å². The van der Waals surface area contributed by atoms with Crippen LogP contribution in [0.15, 0.2) is 24.3 Å². The van der Waals surface area contributed by atoms with Crippen molar-refractivity contribution in [3.63, 3.8) is 0 Å². The van der Waals surface area contributed by atoms with E-state index in [1.807, 2.05) is 24.3 Å². The summed E-state index contributed by atoms with van der Waals surface area (Å²) < 4.78 is 10.9. The van der Waals surface area contributed by atoms with Crippen molar-refractivity contribution >= 4 is 11.6 Å². The molecule has 0 bridgehead atoms.